The van der Waals surface area contributed by atoms with E-state index < -0.39 is 6.10 Å². The molecule has 0 saturated heterocycles. The number of aliphatic hydroxyl groups excluding tert-OH is 1. The van der Waals surface area contributed by atoms with Crippen LogP contribution in [0.3, 0.4) is 0 Å². The summed E-state index contributed by atoms with van der Waals surface area (Å²) >= 11 is 5.83. The van der Waals surface area contributed by atoms with Gasteiger partial charge in [-0.05, 0) is 19.1 Å². The van der Waals surface area contributed by atoms with Crippen molar-refractivity contribution in [2.45, 2.75) is 19.1 Å². The lowest BCUT2D eigenvalue weighted by molar-refractivity contribution is 0.168. The lowest BCUT2D eigenvalue weighted by Crippen LogP contribution is -2.38. The second-order valence-electron chi connectivity index (χ2n) is 3.87. The molecule has 0 radical (unpaired) electrons. The number of hydrogen-bond acceptors (Lipinski definition) is 5. The second kappa shape index (κ2) is 4.87. The summed E-state index contributed by atoms with van der Waals surface area (Å²) in [5.74, 6) is 0.461. The van der Waals surface area contributed by atoms with Gasteiger partial charge < -0.3 is 16.2 Å². The average Bonchev–Trinajstić information content (AvgIpc) is 2.67. The quantitative estimate of drug-likeness (QED) is 0.741. The number of nitrogens with zero attached hydrogens (tertiary/aromatic N) is 3. The van der Waals surface area contributed by atoms with E-state index in [2.05, 4.69) is 15.4 Å². The summed E-state index contributed by atoms with van der Waals surface area (Å²) in [6, 6.07) is 3.16. The molecular weight excluding hydrogens is 242 g/mol. The molecule has 0 bridgehead atoms. The molecule has 6 nitrogen and oxygen atoms in total. The van der Waals surface area contributed by atoms with E-state index in [9.17, 15) is 5.11 Å². The van der Waals surface area contributed by atoms with Crippen molar-refractivity contribution in [3.8, 4) is 0 Å². The van der Waals surface area contributed by atoms with Gasteiger partial charge in [0.1, 0.15) is 0 Å². The first kappa shape index (κ1) is 12.1. The number of hydrogen-bond donors (Lipinski definition) is 3. The highest BCUT2D eigenvalue weighted by molar-refractivity contribution is 6.30. The van der Waals surface area contributed by atoms with Gasteiger partial charge in [-0.25, -0.2) is 4.52 Å². The Balaban J connectivity index is 2.09. The van der Waals surface area contributed by atoms with Crippen molar-refractivity contribution < 1.29 is 5.11 Å². The molecule has 17 heavy (non-hydrogen) atoms. The molecule has 0 amide bonds. The van der Waals surface area contributed by atoms with E-state index in [4.69, 9.17) is 17.3 Å². The zero-order valence-electron chi connectivity index (χ0n) is 9.34. The maximum absolute atomic E-state index is 9.25. The summed E-state index contributed by atoms with van der Waals surface area (Å²) < 4.78 is 1.58. The average molecular weight is 256 g/mol. The molecule has 0 spiro atoms. The largest absolute Gasteiger partial charge is 0.392 e. The first-order valence-electron chi connectivity index (χ1n) is 5.25. The van der Waals surface area contributed by atoms with E-state index in [0.29, 0.717) is 23.2 Å². The Morgan fingerprint density at radius 1 is 1.59 bits per heavy atom. The number of aromatic nitrogens is 3. The molecule has 92 valence electrons. The highest BCUT2D eigenvalue weighted by atomic mass is 35.5. The maximum atomic E-state index is 9.25. The van der Waals surface area contributed by atoms with Crippen LogP contribution < -0.4 is 11.1 Å². The molecule has 2 unspecified atom stereocenters. The van der Waals surface area contributed by atoms with Gasteiger partial charge in [0.25, 0.3) is 0 Å². The normalized spacial score (nSPS) is 14.8. The minimum absolute atomic E-state index is 0.356. The van der Waals surface area contributed by atoms with Gasteiger partial charge in [-0.15, -0.1) is 5.10 Å². The van der Waals surface area contributed by atoms with Crippen molar-refractivity contribution in [3.05, 3.63) is 23.4 Å². The molecule has 0 aliphatic heterocycles. The Labute approximate surface area is 103 Å². The summed E-state index contributed by atoms with van der Waals surface area (Å²) in [5.41, 5.74) is 6.38. The smallest absolute Gasteiger partial charge is 0.243 e. The van der Waals surface area contributed by atoms with Crippen LogP contribution in [-0.2, 0) is 0 Å². The van der Waals surface area contributed by atoms with Gasteiger partial charge in [0.15, 0.2) is 5.65 Å². The van der Waals surface area contributed by atoms with Gasteiger partial charge in [0, 0.05) is 18.8 Å². The third-order valence-corrected chi connectivity index (χ3v) is 2.63. The first-order valence-corrected chi connectivity index (χ1v) is 5.63. The van der Waals surface area contributed by atoms with E-state index in [0.717, 1.165) is 0 Å². The third-order valence-electron chi connectivity index (χ3n) is 2.41. The highest BCUT2D eigenvalue weighted by Gasteiger charge is 2.10. The number of fused-ring (bicyclic) bond motifs is 1. The lowest BCUT2D eigenvalue weighted by atomic mass is 10.2. The van der Waals surface area contributed by atoms with Crippen molar-refractivity contribution in [2.75, 3.05) is 11.9 Å². The van der Waals surface area contributed by atoms with Crippen molar-refractivity contribution in [2.24, 2.45) is 5.73 Å². The van der Waals surface area contributed by atoms with Gasteiger partial charge in [-0.3, -0.25) is 0 Å². The predicted octanol–water partition coefficient (Wildman–Crippen LogP) is 0.503. The molecule has 2 rings (SSSR count). The van der Waals surface area contributed by atoms with E-state index in [1.165, 1.54) is 0 Å². The Morgan fingerprint density at radius 2 is 2.35 bits per heavy atom. The van der Waals surface area contributed by atoms with Gasteiger partial charge in [-0.1, -0.05) is 11.6 Å². The van der Waals surface area contributed by atoms with Gasteiger partial charge >= 0.3 is 0 Å². The molecular formula is C10H14ClN5O. The molecule has 2 atom stereocenters. The molecule has 2 heterocycles. The summed E-state index contributed by atoms with van der Waals surface area (Å²) in [5, 5.41) is 17.0. The monoisotopic (exact) mass is 255 g/mol. The highest BCUT2D eigenvalue weighted by Crippen LogP contribution is 2.11. The fourth-order valence-corrected chi connectivity index (χ4v) is 1.47. The van der Waals surface area contributed by atoms with E-state index in [1.54, 1.807) is 29.8 Å². The van der Waals surface area contributed by atoms with Gasteiger partial charge in [0.2, 0.25) is 5.95 Å². The number of halogens is 1. The van der Waals surface area contributed by atoms with Crippen LogP contribution in [0, 0.1) is 0 Å². The minimum Gasteiger partial charge on any atom is -0.392 e. The molecule has 0 aliphatic carbocycles. The van der Waals surface area contributed by atoms with E-state index in [1.807, 2.05) is 0 Å². The van der Waals surface area contributed by atoms with Crippen molar-refractivity contribution in [3.63, 3.8) is 0 Å². The fraction of sp³-hybridized carbons (Fsp3) is 0.400. The van der Waals surface area contributed by atoms with Crippen LogP contribution in [0.2, 0.25) is 5.02 Å². The Kier molecular flexibility index (Phi) is 3.46. The molecule has 2 aromatic rings. The number of rotatable bonds is 4. The van der Waals surface area contributed by atoms with Crippen LogP contribution >= 0.6 is 11.6 Å². The van der Waals surface area contributed by atoms with Crippen molar-refractivity contribution in [1.82, 2.24) is 14.6 Å². The van der Waals surface area contributed by atoms with Crippen LogP contribution in [0.5, 0.6) is 0 Å². The van der Waals surface area contributed by atoms with Crippen LogP contribution in [-0.4, -0.2) is 38.4 Å². The summed E-state index contributed by atoms with van der Waals surface area (Å²) in [7, 11) is 0. The molecule has 0 saturated carbocycles. The maximum Gasteiger partial charge on any atom is 0.243 e. The number of nitrogens with two attached hydrogens (primary N) is 1. The van der Waals surface area contributed by atoms with Crippen LogP contribution in [0.15, 0.2) is 18.3 Å². The Hall–Kier alpha value is -1.37. The molecule has 4 N–H and O–H groups in total. The topological polar surface area (TPSA) is 88.5 Å². The minimum atomic E-state index is -0.575. The zero-order valence-corrected chi connectivity index (χ0v) is 10.1. The molecule has 0 aliphatic rings. The lowest BCUT2D eigenvalue weighted by Gasteiger charge is -2.13. The second-order valence-corrected chi connectivity index (χ2v) is 4.31. The predicted molar refractivity (Wildman–Crippen MR) is 66.1 cm³/mol. The summed E-state index contributed by atoms with van der Waals surface area (Å²) in [6.07, 6.45) is 1.10. The fourth-order valence-electron chi connectivity index (χ4n) is 1.31. The van der Waals surface area contributed by atoms with E-state index >= 15 is 0 Å². The van der Waals surface area contributed by atoms with Crippen LogP contribution in [0.4, 0.5) is 5.95 Å². The molecule has 7 heteroatoms. The Bertz CT molecular complexity index is 512. The Morgan fingerprint density at radius 3 is 3.06 bits per heavy atom. The van der Waals surface area contributed by atoms with Gasteiger partial charge in [0.05, 0.1) is 11.1 Å². The number of pyridine rings is 1. The summed E-state index contributed by atoms with van der Waals surface area (Å²) in [4.78, 5) is 4.23. The molecule has 0 fully saturated rings. The number of nitrogens with one attached hydrogen (secondary N) is 1. The van der Waals surface area contributed by atoms with Gasteiger partial charge in [-0.2, -0.15) is 4.98 Å². The number of aliphatic hydroxyl groups is 1. The van der Waals surface area contributed by atoms with E-state index in [-0.39, 0.29) is 6.04 Å². The standard InChI is InChI=1S/C10H14ClN5O/c1-6(17)8(12)4-13-10-14-9-3-2-7(11)5-16(9)15-10/h2-3,5-6,8,17H,4,12H2,1H3,(H,13,15). The van der Waals surface area contributed by atoms with Crippen LogP contribution in [0.1, 0.15) is 6.92 Å². The SMILES string of the molecule is CC(O)C(N)CNc1nc2ccc(Cl)cn2n1. The van der Waals surface area contributed by atoms with Crippen LogP contribution in [0.25, 0.3) is 5.65 Å². The molecule has 2 aromatic heterocycles. The molecule has 0 aromatic carbocycles. The summed E-state index contributed by atoms with van der Waals surface area (Å²) in [6.45, 7) is 2.05. The van der Waals surface area contributed by atoms with Crippen molar-refractivity contribution in [1.29, 1.82) is 0 Å². The first-order chi connectivity index (χ1) is 8.06. The zero-order chi connectivity index (χ0) is 12.4. The number of anilines is 1. The van der Waals surface area contributed by atoms with Crippen molar-refractivity contribution >= 4 is 23.2 Å². The third kappa shape index (κ3) is 2.85.